The number of aryl methyl sites for hydroxylation is 3. The number of nitrogens with zero attached hydrogens (tertiary/aromatic N) is 2. The van der Waals surface area contributed by atoms with Gasteiger partial charge in [0.15, 0.2) is 0 Å². The average Bonchev–Trinajstić information content (AvgIpc) is 2.40. The van der Waals surface area contributed by atoms with Gasteiger partial charge in [-0.25, -0.2) is 10.3 Å². The van der Waals surface area contributed by atoms with Crippen LogP contribution in [0.4, 0.5) is 5.95 Å². The van der Waals surface area contributed by atoms with Crippen molar-refractivity contribution in [1.29, 1.82) is 0 Å². The van der Waals surface area contributed by atoms with E-state index >= 15 is 0 Å². The molecule has 6 heteroatoms. The Morgan fingerprint density at radius 1 is 1.29 bits per heavy atom. The van der Waals surface area contributed by atoms with Crippen molar-refractivity contribution in [3.63, 3.8) is 0 Å². The van der Waals surface area contributed by atoms with E-state index in [0.29, 0.717) is 12.4 Å². The second-order valence-corrected chi connectivity index (χ2v) is 5.05. The minimum atomic E-state index is -0.163. The largest absolute Gasteiger partial charge is 0.354 e. The molecular formula is C15H20N5O+. The van der Waals surface area contributed by atoms with Crippen LogP contribution in [0.2, 0.25) is 0 Å². The van der Waals surface area contributed by atoms with Crippen LogP contribution in [0.1, 0.15) is 30.2 Å². The maximum Gasteiger partial charge on any atom is 0.354 e. The normalized spacial score (nSPS) is 11.7. The number of aromatic nitrogens is 2. The van der Waals surface area contributed by atoms with Gasteiger partial charge in [0.05, 0.1) is 5.69 Å². The molecule has 110 valence electrons. The van der Waals surface area contributed by atoms with Gasteiger partial charge in [-0.1, -0.05) is 13.0 Å². The average molecular weight is 286 g/mol. The first kappa shape index (κ1) is 14.9. The van der Waals surface area contributed by atoms with Crippen molar-refractivity contribution in [2.75, 3.05) is 0 Å². The molecule has 0 bridgehead atoms. The summed E-state index contributed by atoms with van der Waals surface area (Å²) in [5.41, 5.74) is 9.73. The van der Waals surface area contributed by atoms with Gasteiger partial charge in [0, 0.05) is 11.8 Å². The third-order valence-corrected chi connectivity index (χ3v) is 3.17. The smallest absolute Gasteiger partial charge is 0.322 e. The minimum Gasteiger partial charge on any atom is -0.322 e. The standard InChI is InChI=1S/C15H19N5O/c1-5-12(21)18-14(16)20-15-17-10(4)11-7-8(2)6-9(3)13(11)19-15/h6-7H,5H2,1-4H3,(H3,16,17,18,19,20,21)/p+1. The van der Waals surface area contributed by atoms with Gasteiger partial charge in [-0.05, 0) is 38.0 Å². The molecule has 0 spiro atoms. The molecule has 0 aliphatic heterocycles. The Kier molecular flexibility index (Phi) is 4.16. The lowest BCUT2D eigenvalue weighted by atomic mass is 10.1. The molecule has 0 saturated carbocycles. The molecule has 1 amide bonds. The zero-order valence-corrected chi connectivity index (χ0v) is 12.7. The van der Waals surface area contributed by atoms with Crippen molar-refractivity contribution in [2.45, 2.75) is 34.1 Å². The topological polar surface area (TPSA) is 94.9 Å². The van der Waals surface area contributed by atoms with Gasteiger partial charge in [-0.15, -0.1) is 9.97 Å². The van der Waals surface area contributed by atoms with Crippen LogP contribution in [0.3, 0.4) is 0 Å². The number of nitrogens with one attached hydrogen (secondary N) is 2. The summed E-state index contributed by atoms with van der Waals surface area (Å²) in [7, 11) is 0. The monoisotopic (exact) mass is 286 g/mol. The van der Waals surface area contributed by atoms with Crippen LogP contribution in [0.5, 0.6) is 0 Å². The maximum atomic E-state index is 11.3. The Balaban J connectivity index is 2.47. The second-order valence-electron chi connectivity index (χ2n) is 5.05. The number of rotatable bonds is 2. The summed E-state index contributed by atoms with van der Waals surface area (Å²) in [5, 5.41) is 3.56. The van der Waals surface area contributed by atoms with E-state index in [1.807, 2.05) is 20.8 Å². The third-order valence-electron chi connectivity index (χ3n) is 3.17. The molecule has 0 unspecified atom stereocenters. The number of guanidine groups is 1. The van der Waals surface area contributed by atoms with Gasteiger partial charge in [-0.3, -0.25) is 4.79 Å². The lowest BCUT2D eigenvalue weighted by Crippen LogP contribution is -2.75. The Morgan fingerprint density at radius 3 is 2.67 bits per heavy atom. The quantitative estimate of drug-likeness (QED) is 0.539. The molecule has 1 aromatic carbocycles. The van der Waals surface area contributed by atoms with Crippen LogP contribution in [0.25, 0.3) is 10.9 Å². The zero-order chi connectivity index (χ0) is 15.6. The number of nitrogens with two attached hydrogens (primary N) is 1. The highest BCUT2D eigenvalue weighted by Crippen LogP contribution is 2.21. The summed E-state index contributed by atoms with van der Waals surface area (Å²) in [6.07, 6.45) is 0.359. The van der Waals surface area contributed by atoms with Crippen molar-refractivity contribution in [2.24, 2.45) is 5.73 Å². The van der Waals surface area contributed by atoms with Crippen molar-refractivity contribution >= 4 is 28.7 Å². The Labute approximate surface area is 123 Å². The molecule has 4 N–H and O–H groups in total. The van der Waals surface area contributed by atoms with Gasteiger partial charge >= 0.3 is 5.95 Å². The van der Waals surface area contributed by atoms with Crippen LogP contribution in [0, 0.1) is 20.8 Å². The number of fused-ring (bicyclic) bond motifs is 1. The Hall–Kier alpha value is -2.50. The first-order valence-electron chi connectivity index (χ1n) is 6.85. The molecule has 6 nitrogen and oxygen atoms in total. The van der Waals surface area contributed by atoms with Gasteiger partial charge in [0.25, 0.3) is 11.9 Å². The first-order valence-corrected chi connectivity index (χ1v) is 6.85. The van der Waals surface area contributed by atoms with Crippen molar-refractivity contribution in [3.8, 4) is 0 Å². The summed E-state index contributed by atoms with van der Waals surface area (Å²) >= 11 is 0. The summed E-state index contributed by atoms with van der Waals surface area (Å²) in [5.74, 6) is 0.343. The van der Waals surface area contributed by atoms with Crippen LogP contribution < -0.4 is 16.0 Å². The molecule has 0 fully saturated rings. The second kappa shape index (κ2) is 5.87. The van der Waals surface area contributed by atoms with Crippen LogP contribution in [0.15, 0.2) is 12.1 Å². The molecule has 2 rings (SSSR count). The van der Waals surface area contributed by atoms with Crippen molar-refractivity contribution in [1.82, 2.24) is 15.3 Å². The third kappa shape index (κ3) is 3.34. The van der Waals surface area contributed by atoms with E-state index in [0.717, 1.165) is 22.2 Å². The van der Waals surface area contributed by atoms with Crippen LogP contribution in [-0.2, 0) is 4.79 Å². The molecule has 0 aliphatic carbocycles. The fraction of sp³-hybridized carbons (Fsp3) is 0.333. The number of carbonyl (C=O) groups is 1. The molecule has 0 atom stereocenters. The van der Waals surface area contributed by atoms with Crippen molar-refractivity contribution < 1.29 is 9.79 Å². The maximum absolute atomic E-state index is 11.3. The zero-order valence-electron chi connectivity index (χ0n) is 12.7. The van der Waals surface area contributed by atoms with Crippen LogP contribution >= 0.6 is 0 Å². The van der Waals surface area contributed by atoms with Gasteiger partial charge < -0.3 is 5.73 Å². The summed E-state index contributed by atoms with van der Waals surface area (Å²) in [6.45, 7) is 7.74. The highest BCUT2D eigenvalue weighted by Gasteiger charge is 2.12. The van der Waals surface area contributed by atoms with E-state index in [-0.39, 0.29) is 11.9 Å². The SMILES string of the molecule is CCC(=O)N/C(N)=[NH+]/c1nc(C)c2cc(C)cc(C)c2n1. The van der Waals surface area contributed by atoms with E-state index in [2.05, 4.69) is 32.4 Å². The lowest BCUT2D eigenvalue weighted by molar-refractivity contribution is -0.367. The van der Waals surface area contributed by atoms with Gasteiger partial charge in [-0.2, -0.15) is 0 Å². The minimum absolute atomic E-state index is 0.130. The highest BCUT2D eigenvalue weighted by atomic mass is 16.1. The molecule has 21 heavy (non-hydrogen) atoms. The first-order chi connectivity index (χ1) is 9.90. The van der Waals surface area contributed by atoms with Crippen molar-refractivity contribution in [3.05, 3.63) is 29.0 Å². The molecule has 0 saturated heterocycles. The number of amides is 1. The van der Waals surface area contributed by atoms with Gasteiger partial charge in [0.2, 0.25) is 0 Å². The fourth-order valence-corrected chi connectivity index (χ4v) is 2.18. The number of carbonyl (C=O) groups excluding carboxylic acids is 1. The molecule has 2 aromatic rings. The molecule has 1 heterocycles. The molecule has 1 aromatic heterocycles. The predicted octanol–water partition coefficient (Wildman–Crippen LogP) is 0.108. The Bertz CT molecular complexity index is 736. The van der Waals surface area contributed by atoms with E-state index in [9.17, 15) is 4.79 Å². The fourth-order valence-electron chi connectivity index (χ4n) is 2.18. The van der Waals surface area contributed by atoms with E-state index in [4.69, 9.17) is 5.73 Å². The lowest BCUT2D eigenvalue weighted by Gasteiger charge is -2.04. The number of hydrogen-bond donors (Lipinski definition) is 3. The molecule has 0 aliphatic rings. The van der Waals surface area contributed by atoms with Crippen LogP contribution in [-0.4, -0.2) is 21.8 Å². The van der Waals surface area contributed by atoms with Gasteiger partial charge in [0.1, 0.15) is 5.52 Å². The predicted molar refractivity (Wildman–Crippen MR) is 82.0 cm³/mol. The Morgan fingerprint density at radius 2 is 2.00 bits per heavy atom. The highest BCUT2D eigenvalue weighted by molar-refractivity contribution is 5.93. The van der Waals surface area contributed by atoms with E-state index in [1.54, 1.807) is 6.92 Å². The molecular weight excluding hydrogens is 266 g/mol. The molecule has 0 radical (unpaired) electrons. The van der Waals surface area contributed by atoms with E-state index < -0.39 is 0 Å². The van der Waals surface area contributed by atoms with E-state index in [1.165, 1.54) is 5.56 Å². The number of benzene rings is 1. The summed E-state index contributed by atoms with van der Waals surface area (Å²) < 4.78 is 0. The number of hydrogen-bond acceptors (Lipinski definition) is 3. The summed E-state index contributed by atoms with van der Waals surface area (Å²) in [4.78, 5) is 23.0. The summed E-state index contributed by atoms with van der Waals surface area (Å²) in [6, 6.07) is 4.14.